The van der Waals surface area contributed by atoms with E-state index < -0.39 is 0 Å². The number of carbonyl (C=O) groups excluding carboxylic acids is 1. The van der Waals surface area contributed by atoms with Crippen LogP contribution in [0.1, 0.15) is 43.7 Å². The van der Waals surface area contributed by atoms with Crippen molar-refractivity contribution in [3.05, 3.63) is 29.3 Å². The van der Waals surface area contributed by atoms with Crippen molar-refractivity contribution in [2.45, 2.75) is 45.6 Å². The zero-order valence-electron chi connectivity index (χ0n) is 17.2. The number of anilines is 1. The molecular formula is C21H34IN5O. The lowest BCUT2D eigenvalue weighted by Crippen LogP contribution is -2.39. The van der Waals surface area contributed by atoms with Gasteiger partial charge in [0, 0.05) is 51.9 Å². The molecule has 0 spiro atoms. The molecule has 0 bridgehead atoms. The van der Waals surface area contributed by atoms with Gasteiger partial charge in [-0.05, 0) is 49.8 Å². The van der Waals surface area contributed by atoms with Crippen molar-refractivity contribution in [1.82, 2.24) is 15.5 Å². The zero-order chi connectivity index (χ0) is 19.1. The molecule has 0 saturated carbocycles. The third kappa shape index (κ3) is 6.25. The standard InChI is InChI=1S/C21H33N5O.HI/c1-3-22-21(23-11-6-14-26-13-5-8-20(26)27)24-16-17-9-10-19-18(15-17)7-4-12-25(19)2;/h9-10,15H,3-8,11-14,16H2,1-2H3,(H2,22,23,24);1H. The summed E-state index contributed by atoms with van der Waals surface area (Å²) in [6.07, 6.45) is 5.05. The summed E-state index contributed by atoms with van der Waals surface area (Å²) in [4.78, 5) is 20.7. The Balaban J connectivity index is 0.00000280. The second-order valence-electron chi connectivity index (χ2n) is 7.45. The molecule has 0 aliphatic carbocycles. The SMILES string of the molecule is CCNC(=NCc1ccc2c(c1)CCCN2C)NCCCN1CCCC1=O.I. The minimum Gasteiger partial charge on any atom is -0.374 e. The summed E-state index contributed by atoms with van der Waals surface area (Å²) in [5, 5.41) is 6.70. The van der Waals surface area contributed by atoms with Crippen LogP contribution in [0.15, 0.2) is 23.2 Å². The maximum absolute atomic E-state index is 11.7. The molecule has 3 rings (SSSR count). The molecule has 1 saturated heterocycles. The Kier molecular flexibility index (Phi) is 9.34. The number of hydrogen-bond donors (Lipinski definition) is 2. The maximum atomic E-state index is 11.7. The molecule has 2 heterocycles. The van der Waals surface area contributed by atoms with E-state index in [1.54, 1.807) is 0 Å². The molecule has 1 aromatic rings. The summed E-state index contributed by atoms with van der Waals surface area (Å²) in [7, 11) is 2.17. The van der Waals surface area contributed by atoms with Crippen molar-refractivity contribution in [3.63, 3.8) is 0 Å². The van der Waals surface area contributed by atoms with Crippen LogP contribution >= 0.6 is 24.0 Å². The Morgan fingerprint density at radius 3 is 2.75 bits per heavy atom. The molecule has 0 atom stereocenters. The van der Waals surface area contributed by atoms with Crippen LogP contribution in [0.4, 0.5) is 5.69 Å². The van der Waals surface area contributed by atoms with E-state index in [4.69, 9.17) is 4.99 Å². The van der Waals surface area contributed by atoms with Crippen LogP contribution in [-0.4, -0.2) is 56.5 Å². The van der Waals surface area contributed by atoms with Gasteiger partial charge in [0.1, 0.15) is 0 Å². The molecule has 7 heteroatoms. The van der Waals surface area contributed by atoms with Crippen molar-refractivity contribution >= 4 is 41.5 Å². The molecule has 0 radical (unpaired) electrons. The van der Waals surface area contributed by atoms with Crippen molar-refractivity contribution in [3.8, 4) is 0 Å². The van der Waals surface area contributed by atoms with Crippen molar-refractivity contribution < 1.29 is 4.79 Å². The number of fused-ring (bicyclic) bond motifs is 1. The first-order chi connectivity index (χ1) is 13.2. The number of hydrogen-bond acceptors (Lipinski definition) is 3. The summed E-state index contributed by atoms with van der Waals surface area (Å²) in [5.74, 6) is 1.15. The van der Waals surface area contributed by atoms with Crippen LogP contribution in [0.3, 0.4) is 0 Å². The van der Waals surface area contributed by atoms with Crippen LogP contribution in [0.5, 0.6) is 0 Å². The molecule has 0 aromatic heterocycles. The highest BCUT2D eigenvalue weighted by Crippen LogP contribution is 2.26. The summed E-state index contributed by atoms with van der Waals surface area (Å²) in [6, 6.07) is 6.72. The lowest BCUT2D eigenvalue weighted by Gasteiger charge is -2.27. The third-order valence-electron chi connectivity index (χ3n) is 5.33. The molecule has 156 valence electrons. The molecule has 1 aromatic carbocycles. The molecule has 1 amide bonds. The number of aliphatic imine (C=N–C) groups is 1. The predicted molar refractivity (Wildman–Crippen MR) is 127 cm³/mol. The Morgan fingerprint density at radius 1 is 1.18 bits per heavy atom. The number of benzene rings is 1. The van der Waals surface area contributed by atoms with Gasteiger partial charge in [-0.2, -0.15) is 0 Å². The van der Waals surface area contributed by atoms with Gasteiger partial charge in [0.25, 0.3) is 0 Å². The van der Waals surface area contributed by atoms with Crippen molar-refractivity contribution in [1.29, 1.82) is 0 Å². The zero-order valence-corrected chi connectivity index (χ0v) is 19.5. The van der Waals surface area contributed by atoms with Gasteiger partial charge in [-0.25, -0.2) is 4.99 Å². The van der Waals surface area contributed by atoms with Gasteiger partial charge < -0.3 is 20.4 Å². The Labute approximate surface area is 186 Å². The second kappa shape index (κ2) is 11.5. The van der Waals surface area contributed by atoms with Gasteiger partial charge in [0.15, 0.2) is 5.96 Å². The van der Waals surface area contributed by atoms with Gasteiger partial charge in [-0.15, -0.1) is 24.0 Å². The minimum atomic E-state index is 0. The second-order valence-corrected chi connectivity index (χ2v) is 7.45. The van der Waals surface area contributed by atoms with Crippen molar-refractivity contribution in [2.24, 2.45) is 4.99 Å². The first kappa shape index (κ1) is 22.8. The minimum absolute atomic E-state index is 0. The molecule has 6 nitrogen and oxygen atoms in total. The molecule has 2 aliphatic heterocycles. The van der Waals surface area contributed by atoms with E-state index >= 15 is 0 Å². The van der Waals surface area contributed by atoms with E-state index in [0.717, 1.165) is 57.9 Å². The van der Waals surface area contributed by atoms with Crippen LogP contribution < -0.4 is 15.5 Å². The van der Waals surface area contributed by atoms with Gasteiger partial charge in [-0.1, -0.05) is 12.1 Å². The van der Waals surface area contributed by atoms with E-state index in [-0.39, 0.29) is 24.0 Å². The smallest absolute Gasteiger partial charge is 0.222 e. The van der Waals surface area contributed by atoms with Crippen molar-refractivity contribution in [2.75, 3.05) is 44.7 Å². The average molecular weight is 499 g/mol. The Morgan fingerprint density at radius 2 is 2.00 bits per heavy atom. The van der Waals surface area contributed by atoms with E-state index in [1.165, 1.54) is 23.2 Å². The van der Waals surface area contributed by atoms with Crippen LogP contribution in [-0.2, 0) is 17.8 Å². The molecule has 2 N–H and O–H groups in total. The average Bonchev–Trinajstić information content (AvgIpc) is 3.08. The summed E-state index contributed by atoms with van der Waals surface area (Å²) in [6.45, 7) is 7.31. The first-order valence-electron chi connectivity index (χ1n) is 10.3. The fraction of sp³-hybridized carbons (Fsp3) is 0.619. The molecule has 2 aliphatic rings. The molecule has 1 fully saturated rings. The number of halogens is 1. The maximum Gasteiger partial charge on any atom is 0.222 e. The largest absolute Gasteiger partial charge is 0.374 e. The lowest BCUT2D eigenvalue weighted by molar-refractivity contribution is -0.127. The highest BCUT2D eigenvalue weighted by molar-refractivity contribution is 14.0. The fourth-order valence-electron chi connectivity index (χ4n) is 3.87. The number of amides is 1. The fourth-order valence-corrected chi connectivity index (χ4v) is 3.87. The van der Waals surface area contributed by atoms with Gasteiger partial charge in [0.05, 0.1) is 6.54 Å². The number of nitrogens with zero attached hydrogens (tertiary/aromatic N) is 3. The van der Waals surface area contributed by atoms with Crippen LogP contribution in [0.2, 0.25) is 0 Å². The van der Waals surface area contributed by atoms with E-state index in [2.05, 4.69) is 47.7 Å². The number of likely N-dealkylation sites (tertiary alicyclic amines) is 1. The van der Waals surface area contributed by atoms with E-state index in [0.29, 0.717) is 18.9 Å². The van der Waals surface area contributed by atoms with E-state index in [9.17, 15) is 4.79 Å². The van der Waals surface area contributed by atoms with Crippen LogP contribution in [0.25, 0.3) is 0 Å². The lowest BCUT2D eigenvalue weighted by atomic mass is 10.00. The Hall–Kier alpha value is -1.51. The topological polar surface area (TPSA) is 60.0 Å². The Bertz CT molecular complexity index is 679. The quantitative estimate of drug-likeness (QED) is 0.262. The van der Waals surface area contributed by atoms with Gasteiger partial charge >= 0.3 is 0 Å². The van der Waals surface area contributed by atoms with E-state index in [1.807, 2.05) is 4.90 Å². The highest BCUT2D eigenvalue weighted by Gasteiger charge is 2.19. The molecular weight excluding hydrogens is 465 g/mol. The number of aryl methyl sites for hydroxylation is 1. The summed E-state index contributed by atoms with van der Waals surface area (Å²) < 4.78 is 0. The van der Waals surface area contributed by atoms with Gasteiger partial charge in [-0.3, -0.25) is 4.79 Å². The van der Waals surface area contributed by atoms with Gasteiger partial charge in [0.2, 0.25) is 5.91 Å². The highest BCUT2D eigenvalue weighted by atomic mass is 127. The number of carbonyl (C=O) groups is 1. The van der Waals surface area contributed by atoms with Crippen LogP contribution in [0, 0.1) is 0 Å². The normalized spacial score (nSPS) is 16.6. The number of rotatable bonds is 7. The monoisotopic (exact) mass is 499 g/mol. The molecule has 28 heavy (non-hydrogen) atoms. The predicted octanol–water partition coefficient (Wildman–Crippen LogP) is 2.75. The third-order valence-corrected chi connectivity index (χ3v) is 5.33. The number of nitrogens with one attached hydrogen (secondary N) is 2. The first-order valence-corrected chi connectivity index (χ1v) is 10.3. The summed E-state index contributed by atoms with van der Waals surface area (Å²) in [5.41, 5.74) is 4.05. The molecule has 0 unspecified atom stereocenters. The summed E-state index contributed by atoms with van der Waals surface area (Å²) >= 11 is 0. The number of guanidine groups is 1.